The highest BCUT2D eigenvalue weighted by Gasteiger charge is 1.98. The molecule has 1 rings (SSSR count). The highest BCUT2D eigenvalue weighted by Crippen LogP contribution is 2.14. The van der Waals surface area contributed by atoms with Crippen molar-refractivity contribution in [3.8, 4) is 0 Å². The Morgan fingerprint density at radius 1 is 1.09 bits per heavy atom. The molecule has 1 radical (unpaired) electrons. The molecule has 0 aromatic heterocycles. The molecular formula is C10H14N. The van der Waals surface area contributed by atoms with Gasteiger partial charge in [0.1, 0.15) is 0 Å². The number of benzene rings is 1. The SMILES string of the molecule is Cc1cc(C[NH])cc(C)c1C. The van der Waals surface area contributed by atoms with Gasteiger partial charge in [-0.15, -0.1) is 0 Å². The standard InChI is InChI=1S/C10H14N/c1-7-4-10(6-11)5-8(2)9(7)3/h4-5,11H,6H2,1-3H3. The summed E-state index contributed by atoms with van der Waals surface area (Å²) in [5.41, 5.74) is 12.3. The molecule has 1 aromatic rings. The first-order chi connectivity index (χ1) is 5.15. The van der Waals surface area contributed by atoms with Gasteiger partial charge >= 0.3 is 0 Å². The van der Waals surface area contributed by atoms with Crippen molar-refractivity contribution in [2.75, 3.05) is 0 Å². The van der Waals surface area contributed by atoms with E-state index >= 15 is 0 Å². The molecule has 0 bridgehead atoms. The average Bonchev–Trinajstić information content (AvgIpc) is 1.99. The van der Waals surface area contributed by atoms with Crippen LogP contribution in [0.2, 0.25) is 0 Å². The quantitative estimate of drug-likeness (QED) is 0.584. The highest BCUT2D eigenvalue weighted by atomic mass is 14.5. The van der Waals surface area contributed by atoms with Crippen LogP contribution in [0.4, 0.5) is 0 Å². The lowest BCUT2D eigenvalue weighted by atomic mass is 10.0. The lowest BCUT2D eigenvalue weighted by Crippen LogP contribution is -1.92. The van der Waals surface area contributed by atoms with Crippen molar-refractivity contribution in [3.05, 3.63) is 34.4 Å². The molecule has 0 saturated carbocycles. The van der Waals surface area contributed by atoms with Gasteiger partial charge in [-0.1, -0.05) is 12.1 Å². The summed E-state index contributed by atoms with van der Waals surface area (Å²) in [5, 5.41) is 0. The molecule has 1 N–H and O–H groups in total. The molecule has 0 aliphatic heterocycles. The van der Waals surface area contributed by atoms with E-state index < -0.39 is 0 Å². The van der Waals surface area contributed by atoms with Gasteiger partial charge in [0, 0.05) is 6.54 Å². The molecule has 1 heteroatoms. The van der Waals surface area contributed by atoms with Crippen LogP contribution in [0.1, 0.15) is 22.3 Å². The van der Waals surface area contributed by atoms with Crippen LogP contribution in [0, 0.1) is 20.8 Å². The zero-order valence-corrected chi connectivity index (χ0v) is 7.36. The van der Waals surface area contributed by atoms with Gasteiger partial charge in [0.15, 0.2) is 0 Å². The topological polar surface area (TPSA) is 23.8 Å². The van der Waals surface area contributed by atoms with Crippen molar-refractivity contribution < 1.29 is 0 Å². The van der Waals surface area contributed by atoms with E-state index in [9.17, 15) is 0 Å². The largest absolute Gasteiger partial charge is 0.253 e. The van der Waals surface area contributed by atoms with Gasteiger partial charge in [-0.05, 0) is 43.0 Å². The van der Waals surface area contributed by atoms with Crippen LogP contribution in [0.25, 0.3) is 0 Å². The molecule has 0 saturated heterocycles. The molecule has 0 atom stereocenters. The van der Waals surface area contributed by atoms with Gasteiger partial charge in [0.05, 0.1) is 0 Å². The third-order valence-corrected chi connectivity index (χ3v) is 2.19. The fraction of sp³-hybridized carbons (Fsp3) is 0.400. The monoisotopic (exact) mass is 148 g/mol. The predicted octanol–water partition coefficient (Wildman–Crippen LogP) is 2.39. The highest BCUT2D eigenvalue weighted by molar-refractivity contribution is 5.36. The molecule has 0 aliphatic rings. The van der Waals surface area contributed by atoms with Crippen LogP contribution in [-0.4, -0.2) is 0 Å². The fourth-order valence-electron chi connectivity index (χ4n) is 1.23. The first-order valence-corrected chi connectivity index (χ1v) is 3.86. The van der Waals surface area contributed by atoms with E-state index in [2.05, 4.69) is 32.9 Å². The second-order valence-corrected chi connectivity index (χ2v) is 3.03. The number of nitrogens with one attached hydrogen (secondary N) is 1. The minimum absolute atomic E-state index is 0.391. The van der Waals surface area contributed by atoms with Crippen molar-refractivity contribution in [2.45, 2.75) is 27.3 Å². The molecule has 11 heavy (non-hydrogen) atoms. The van der Waals surface area contributed by atoms with E-state index in [4.69, 9.17) is 5.73 Å². The number of rotatable bonds is 1. The molecule has 0 fully saturated rings. The summed E-state index contributed by atoms with van der Waals surface area (Å²) in [5.74, 6) is 0. The van der Waals surface area contributed by atoms with Crippen LogP contribution >= 0.6 is 0 Å². The Hall–Kier alpha value is -0.820. The zero-order chi connectivity index (χ0) is 8.43. The smallest absolute Gasteiger partial charge is 0.0351 e. The minimum atomic E-state index is 0.391. The van der Waals surface area contributed by atoms with Crippen molar-refractivity contribution in [3.63, 3.8) is 0 Å². The van der Waals surface area contributed by atoms with E-state index in [1.54, 1.807) is 0 Å². The molecule has 59 valence electrons. The molecule has 0 unspecified atom stereocenters. The summed E-state index contributed by atoms with van der Waals surface area (Å²) in [6.45, 7) is 6.71. The maximum Gasteiger partial charge on any atom is 0.0351 e. The Bertz CT molecular complexity index is 241. The summed E-state index contributed by atoms with van der Waals surface area (Å²) in [7, 11) is 0. The van der Waals surface area contributed by atoms with Crippen LogP contribution in [0.5, 0.6) is 0 Å². The first-order valence-electron chi connectivity index (χ1n) is 3.86. The van der Waals surface area contributed by atoms with Crippen LogP contribution in [0.3, 0.4) is 0 Å². The molecular weight excluding hydrogens is 134 g/mol. The van der Waals surface area contributed by atoms with Gasteiger partial charge in [-0.2, -0.15) is 0 Å². The summed E-state index contributed by atoms with van der Waals surface area (Å²) < 4.78 is 0. The molecule has 0 spiro atoms. The molecule has 1 nitrogen and oxygen atoms in total. The summed E-state index contributed by atoms with van der Waals surface area (Å²) >= 11 is 0. The van der Waals surface area contributed by atoms with Gasteiger partial charge in [-0.3, -0.25) is 5.73 Å². The third kappa shape index (κ3) is 1.60. The molecule has 0 amide bonds. The maximum absolute atomic E-state index is 7.21. The number of hydrogen-bond donors (Lipinski definition) is 0. The Balaban J connectivity index is 3.21. The van der Waals surface area contributed by atoms with Crippen molar-refractivity contribution in [2.24, 2.45) is 0 Å². The number of aryl methyl sites for hydroxylation is 2. The fourth-order valence-corrected chi connectivity index (χ4v) is 1.23. The minimum Gasteiger partial charge on any atom is -0.253 e. The van der Waals surface area contributed by atoms with Crippen molar-refractivity contribution in [1.29, 1.82) is 0 Å². The van der Waals surface area contributed by atoms with E-state index in [1.807, 2.05) is 0 Å². The Kier molecular flexibility index (Phi) is 2.30. The Morgan fingerprint density at radius 2 is 1.55 bits per heavy atom. The second-order valence-electron chi connectivity index (χ2n) is 3.03. The number of hydrogen-bond acceptors (Lipinski definition) is 0. The Labute approximate surface area is 68.2 Å². The van der Waals surface area contributed by atoms with E-state index in [0.717, 1.165) is 5.56 Å². The maximum atomic E-state index is 7.21. The van der Waals surface area contributed by atoms with Crippen LogP contribution < -0.4 is 5.73 Å². The summed E-state index contributed by atoms with van der Waals surface area (Å²) in [4.78, 5) is 0. The lowest BCUT2D eigenvalue weighted by Gasteiger charge is -2.06. The van der Waals surface area contributed by atoms with Gasteiger partial charge < -0.3 is 0 Å². The Morgan fingerprint density at radius 3 is 1.91 bits per heavy atom. The predicted molar refractivity (Wildman–Crippen MR) is 47.5 cm³/mol. The van der Waals surface area contributed by atoms with E-state index in [1.165, 1.54) is 16.7 Å². The van der Waals surface area contributed by atoms with Crippen molar-refractivity contribution in [1.82, 2.24) is 5.73 Å². The van der Waals surface area contributed by atoms with E-state index in [0.29, 0.717) is 6.54 Å². The van der Waals surface area contributed by atoms with Crippen molar-refractivity contribution >= 4 is 0 Å². The van der Waals surface area contributed by atoms with Gasteiger partial charge in [0.2, 0.25) is 0 Å². The summed E-state index contributed by atoms with van der Waals surface area (Å²) in [6, 6.07) is 4.19. The van der Waals surface area contributed by atoms with Crippen LogP contribution in [0.15, 0.2) is 12.1 Å². The van der Waals surface area contributed by atoms with Gasteiger partial charge in [0.25, 0.3) is 0 Å². The molecule has 0 aliphatic carbocycles. The van der Waals surface area contributed by atoms with Gasteiger partial charge in [-0.25, -0.2) is 0 Å². The average molecular weight is 148 g/mol. The second kappa shape index (κ2) is 3.05. The molecule has 1 aromatic carbocycles. The molecule has 0 heterocycles. The first kappa shape index (κ1) is 8.28. The zero-order valence-electron chi connectivity index (χ0n) is 7.36. The lowest BCUT2D eigenvalue weighted by molar-refractivity contribution is 1.01. The summed E-state index contributed by atoms with van der Waals surface area (Å²) in [6.07, 6.45) is 0. The van der Waals surface area contributed by atoms with E-state index in [-0.39, 0.29) is 0 Å². The normalized spacial score (nSPS) is 10.2. The van der Waals surface area contributed by atoms with Crippen LogP contribution in [-0.2, 0) is 6.54 Å². The third-order valence-electron chi connectivity index (χ3n) is 2.19.